The van der Waals surface area contributed by atoms with Crippen LogP contribution in [-0.4, -0.2) is 44.3 Å². The highest BCUT2D eigenvalue weighted by Gasteiger charge is 2.25. The van der Waals surface area contributed by atoms with Gasteiger partial charge in [-0.15, -0.1) is 0 Å². The number of aryl methyl sites for hydroxylation is 1. The molecule has 12 nitrogen and oxygen atoms in total. The lowest BCUT2D eigenvalue weighted by atomic mass is 10.2. The molecule has 1 atom stereocenters. The third-order valence-corrected chi connectivity index (χ3v) is 7.69. The molecule has 0 spiro atoms. The van der Waals surface area contributed by atoms with Crippen molar-refractivity contribution in [2.75, 3.05) is 30.2 Å². The highest BCUT2D eigenvalue weighted by atomic mass is 16.5. The van der Waals surface area contributed by atoms with Crippen molar-refractivity contribution in [3.05, 3.63) is 130 Å². The van der Waals surface area contributed by atoms with Crippen LogP contribution < -0.4 is 31.0 Å². The Morgan fingerprint density at radius 2 is 1.64 bits per heavy atom. The molecule has 0 fully saturated rings. The number of fused-ring (bicyclic) bond motifs is 1. The Balaban J connectivity index is 1.40. The van der Waals surface area contributed by atoms with Crippen molar-refractivity contribution in [1.29, 1.82) is 0 Å². The van der Waals surface area contributed by atoms with E-state index in [0.717, 1.165) is 16.9 Å². The van der Waals surface area contributed by atoms with Crippen molar-refractivity contribution in [2.45, 2.75) is 26.4 Å². The number of aromatic nitrogens is 5. The lowest BCUT2D eigenvalue weighted by Gasteiger charge is -2.21. The number of hydrogen-bond donors (Lipinski definition) is 3. The van der Waals surface area contributed by atoms with Gasteiger partial charge in [0.15, 0.2) is 5.82 Å². The van der Waals surface area contributed by atoms with Crippen LogP contribution in [0.2, 0.25) is 0 Å². The van der Waals surface area contributed by atoms with E-state index in [2.05, 4.69) is 25.9 Å². The number of carbonyl (C=O) groups excluding carboxylic acids is 1. The fourth-order valence-corrected chi connectivity index (χ4v) is 5.28. The van der Waals surface area contributed by atoms with Crippen LogP contribution in [-0.2, 0) is 6.54 Å². The van der Waals surface area contributed by atoms with E-state index in [1.165, 1.54) is 6.33 Å². The summed E-state index contributed by atoms with van der Waals surface area (Å²) in [6.07, 6.45) is 3.14. The SMILES string of the molecule is COc1ccc(CNc2ncnc(NC(C)c3nn4ccc(C)c4c(=O)n3-c3ccccc3)c2C(=O)Nc2cccc(OC)c2)cc1. The number of para-hydroxylation sites is 1. The molecule has 3 N–H and O–H groups in total. The van der Waals surface area contributed by atoms with E-state index in [1.54, 1.807) is 53.8 Å². The summed E-state index contributed by atoms with van der Waals surface area (Å²) >= 11 is 0. The Morgan fingerprint density at radius 3 is 2.38 bits per heavy atom. The standard InChI is InChI=1S/C35H34N8O4/c1-22-17-18-42-30(22)35(45)43(26-10-6-5-7-11-26)33(41-42)23(2)39-32-29(34(44)40-25-9-8-12-28(19-25)47-4)31(37-21-38-32)36-20-24-13-15-27(46-3)16-14-24/h5-19,21,23H,20H2,1-4H3,(H,40,44)(H2,36,37,38,39). The monoisotopic (exact) mass is 630 g/mol. The number of nitrogens with zero attached hydrogens (tertiary/aromatic N) is 5. The summed E-state index contributed by atoms with van der Waals surface area (Å²) in [5.41, 5.74) is 3.43. The second kappa shape index (κ2) is 13.4. The predicted molar refractivity (Wildman–Crippen MR) is 181 cm³/mol. The maximum atomic E-state index is 14.0. The molecule has 0 bridgehead atoms. The van der Waals surface area contributed by atoms with Crippen LogP contribution >= 0.6 is 0 Å². The Hall–Kier alpha value is -6.17. The molecule has 0 aliphatic rings. The van der Waals surface area contributed by atoms with Gasteiger partial charge in [-0.1, -0.05) is 36.4 Å². The zero-order chi connectivity index (χ0) is 32.9. The third kappa shape index (κ3) is 6.47. The first kappa shape index (κ1) is 30.8. The van der Waals surface area contributed by atoms with Crippen molar-refractivity contribution in [2.24, 2.45) is 0 Å². The smallest absolute Gasteiger partial charge is 0.282 e. The number of methoxy groups -OCH3 is 2. The number of carbonyl (C=O) groups is 1. The molecule has 3 heterocycles. The summed E-state index contributed by atoms with van der Waals surface area (Å²) in [6, 6.07) is 25.3. The highest BCUT2D eigenvalue weighted by molar-refractivity contribution is 6.10. The molecule has 47 heavy (non-hydrogen) atoms. The van der Waals surface area contributed by atoms with Crippen molar-refractivity contribution >= 4 is 28.7 Å². The molecule has 12 heteroatoms. The summed E-state index contributed by atoms with van der Waals surface area (Å²) < 4.78 is 13.8. The molecule has 0 saturated carbocycles. The normalized spacial score (nSPS) is 11.6. The number of nitrogens with one attached hydrogen (secondary N) is 3. The first-order valence-corrected chi connectivity index (χ1v) is 15.0. The number of ether oxygens (including phenoxy) is 2. The van der Waals surface area contributed by atoms with Gasteiger partial charge in [0.1, 0.15) is 40.5 Å². The van der Waals surface area contributed by atoms with Crippen LogP contribution in [0.1, 0.15) is 40.3 Å². The van der Waals surface area contributed by atoms with Gasteiger partial charge in [-0.05, 0) is 67.4 Å². The Bertz CT molecular complexity index is 2090. The quantitative estimate of drug-likeness (QED) is 0.166. The second-order valence-electron chi connectivity index (χ2n) is 10.8. The van der Waals surface area contributed by atoms with E-state index in [0.29, 0.717) is 40.8 Å². The number of amides is 1. The van der Waals surface area contributed by atoms with Crippen LogP contribution in [0.25, 0.3) is 11.2 Å². The van der Waals surface area contributed by atoms with Gasteiger partial charge < -0.3 is 25.4 Å². The Labute approximate surface area is 271 Å². The van der Waals surface area contributed by atoms with E-state index < -0.39 is 11.9 Å². The molecule has 3 aromatic heterocycles. The molecule has 1 unspecified atom stereocenters. The van der Waals surface area contributed by atoms with Gasteiger partial charge in [0.2, 0.25) is 0 Å². The minimum absolute atomic E-state index is 0.183. The van der Waals surface area contributed by atoms with Gasteiger partial charge in [0.25, 0.3) is 11.5 Å². The fourth-order valence-electron chi connectivity index (χ4n) is 5.28. The topological polar surface area (TPSA) is 137 Å². The summed E-state index contributed by atoms with van der Waals surface area (Å²) in [7, 11) is 3.18. The number of benzene rings is 3. The number of anilines is 3. The zero-order valence-electron chi connectivity index (χ0n) is 26.4. The average molecular weight is 631 g/mol. The molecule has 1 amide bonds. The summed E-state index contributed by atoms with van der Waals surface area (Å²) in [5, 5.41) is 14.4. The maximum absolute atomic E-state index is 14.0. The third-order valence-electron chi connectivity index (χ3n) is 7.69. The summed E-state index contributed by atoms with van der Waals surface area (Å²) in [4.78, 5) is 36.8. The molecule has 0 radical (unpaired) electrons. The average Bonchev–Trinajstić information content (AvgIpc) is 3.48. The van der Waals surface area contributed by atoms with Crippen LogP contribution in [0.5, 0.6) is 11.5 Å². The second-order valence-corrected chi connectivity index (χ2v) is 10.8. The Kier molecular flexibility index (Phi) is 8.82. The minimum atomic E-state index is -0.581. The molecule has 0 aliphatic carbocycles. The van der Waals surface area contributed by atoms with E-state index in [9.17, 15) is 9.59 Å². The summed E-state index contributed by atoms with van der Waals surface area (Å²) in [6.45, 7) is 4.12. The van der Waals surface area contributed by atoms with Crippen molar-refractivity contribution in [3.63, 3.8) is 0 Å². The molecule has 0 aliphatic heterocycles. The predicted octanol–water partition coefficient (Wildman–Crippen LogP) is 5.64. The van der Waals surface area contributed by atoms with Crippen molar-refractivity contribution < 1.29 is 14.3 Å². The van der Waals surface area contributed by atoms with E-state index >= 15 is 0 Å². The van der Waals surface area contributed by atoms with Crippen LogP contribution in [0, 0.1) is 6.92 Å². The Morgan fingerprint density at radius 1 is 0.894 bits per heavy atom. The van der Waals surface area contributed by atoms with Crippen LogP contribution in [0.15, 0.2) is 102 Å². The van der Waals surface area contributed by atoms with Crippen molar-refractivity contribution in [3.8, 4) is 17.2 Å². The highest BCUT2D eigenvalue weighted by Crippen LogP contribution is 2.27. The van der Waals surface area contributed by atoms with E-state index in [-0.39, 0.29) is 16.9 Å². The van der Waals surface area contributed by atoms with Gasteiger partial charge in [-0.25, -0.2) is 14.5 Å². The number of rotatable bonds is 11. The van der Waals surface area contributed by atoms with Crippen molar-refractivity contribution in [1.82, 2.24) is 24.1 Å². The van der Waals surface area contributed by atoms with Crippen LogP contribution in [0.3, 0.4) is 0 Å². The lowest BCUT2D eigenvalue weighted by molar-refractivity contribution is 0.102. The fraction of sp³-hybridized carbons (Fsp3) is 0.171. The molecule has 0 saturated heterocycles. The van der Waals surface area contributed by atoms with Gasteiger partial charge >= 0.3 is 0 Å². The largest absolute Gasteiger partial charge is 0.497 e. The molecule has 238 valence electrons. The molecule has 6 rings (SSSR count). The molecule has 3 aromatic carbocycles. The summed E-state index contributed by atoms with van der Waals surface area (Å²) in [5.74, 6) is 1.88. The van der Waals surface area contributed by atoms with Gasteiger partial charge in [0, 0.05) is 24.5 Å². The molecule has 6 aromatic rings. The number of hydrogen-bond acceptors (Lipinski definition) is 9. The van der Waals surface area contributed by atoms with Gasteiger partial charge in [0.05, 0.1) is 25.9 Å². The first-order chi connectivity index (χ1) is 22.9. The maximum Gasteiger partial charge on any atom is 0.282 e. The zero-order valence-corrected chi connectivity index (χ0v) is 26.4. The van der Waals surface area contributed by atoms with E-state index in [4.69, 9.17) is 14.6 Å². The van der Waals surface area contributed by atoms with E-state index in [1.807, 2.05) is 74.5 Å². The lowest BCUT2D eigenvalue weighted by Crippen LogP contribution is -2.30. The first-order valence-electron chi connectivity index (χ1n) is 15.0. The van der Waals surface area contributed by atoms with Crippen LogP contribution in [0.4, 0.5) is 17.3 Å². The van der Waals surface area contributed by atoms with Gasteiger partial charge in [-0.3, -0.25) is 14.2 Å². The van der Waals surface area contributed by atoms with Gasteiger partial charge in [-0.2, -0.15) is 5.10 Å². The molecular formula is C35H34N8O4. The molecular weight excluding hydrogens is 596 g/mol. The minimum Gasteiger partial charge on any atom is -0.497 e.